The van der Waals surface area contributed by atoms with Gasteiger partial charge in [-0.15, -0.1) is 0 Å². The van der Waals surface area contributed by atoms with Gasteiger partial charge in [0.1, 0.15) is 23.1 Å². The predicted molar refractivity (Wildman–Crippen MR) is 116 cm³/mol. The monoisotopic (exact) mass is 507 g/mol. The van der Waals surface area contributed by atoms with E-state index in [1.165, 1.54) is 12.1 Å². The molecular formula is C23H15F6N5O2. The minimum atomic E-state index is -5.05. The molecule has 0 unspecified atom stereocenters. The van der Waals surface area contributed by atoms with Gasteiger partial charge in [-0.1, -0.05) is 12.1 Å². The van der Waals surface area contributed by atoms with Gasteiger partial charge in [-0.25, -0.2) is 18.2 Å². The van der Waals surface area contributed by atoms with Crippen molar-refractivity contribution in [1.82, 2.24) is 14.8 Å². The molecule has 3 N–H and O–H groups in total. The third-order valence-electron chi connectivity index (χ3n) is 5.36. The number of hydrogen-bond donors (Lipinski definition) is 2. The van der Waals surface area contributed by atoms with Crippen molar-refractivity contribution in [2.45, 2.75) is 19.6 Å². The Bertz CT molecular complexity index is 1510. The number of rotatable bonds is 5. The standard InChI is InChI=1S/C23H15F6N5O2/c1-10-19(20(23(27,28)29)33-34(10)9-12-13(24)4-2-5-14(12)25)32-22(36)17-8-11(21(30)35)18-15(26)6-3-7-16(18)31-17/h2-8H,9H2,1H3,(H2,30,35)(H,32,36). The van der Waals surface area contributed by atoms with Crippen molar-refractivity contribution in [2.24, 2.45) is 5.73 Å². The van der Waals surface area contributed by atoms with Crippen LogP contribution in [0.2, 0.25) is 0 Å². The summed E-state index contributed by atoms with van der Waals surface area (Å²) in [6.45, 7) is 0.469. The lowest BCUT2D eigenvalue weighted by Gasteiger charge is -2.11. The lowest BCUT2D eigenvalue weighted by Crippen LogP contribution is -2.20. The van der Waals surface area contributed by atoms with E-state index in [4.69, 9.17) is 5.73 Å². The van der Waals surface area contributed by atoms with Crippen LogP contribution in [0.25, 0.3) is 10.9 Å². The Morgan fingerprint density at radius 2 is 1.64 bits per heavy atom. The quantitative estimate of drug-likeness (QED) is 0.386. The molecule has 2 aromatic carbocycles. The number of nitrogens with one attached hydrogen (secondary N) is 1. The van der Waals surface area contributed by atoms with E-state index in [9.17, 15) is 35.9 Å². The number of hydrogen-bond acceptors (Lipinski definition) is 4. The van der Waals surface area contributed by atoms with Crippen molar-refractivity contribution >= 4 is 28.4 Å². The summed E-state index contributed by atoms with van der Waals surface area (Å²) in [7, 11) is 0. The minimum absolute atomic E-state index is 0.130. The first-order valence-electron chi connectivity index (χ1n) is 10.2. The fourth-order valence-corrected chi connectivity index (χ4v) is 3.61. The molecule has 0 radical (unpaired) electrons. The van der Waals surface area contributed by atoms with E-state index >= 15 is 0 Å². The van der Waals surface area contributed by atoms with Crippen molar-refractivity contribution in [3.05, 3.63) is 88.1 Å². The number of benzene rings is 2. The van der Waals surface area contributed by atoms with Gasteiger partial charge in [0.15, 0.2) is 5.69 Å². The van der Waals surface area contributed by atoms with Crippen LogP contribution in [0.15, 0.2) is 42.5 Å². The molecule has 186 valence electrons. The molecule has 2 aromatic heterocycles. The first-order chi connectivity index (χ1) is 16.9. The number of nitrogens with two attached hydrogens (primary N) is 1. The van der Waals surface area contributed by atoms with Gasteiger partial charge in [0.05, 0.1) is 29.0 Å². The average Bonchev–Trinajstić information content (AvgIpc) is 3.11. The number of carbonyl (C=O) groups excluding carboxylic acids is 2. The van der Waals surface area contributed by atoms with E-state index in [0.29, 0.717) is 4.68 Å². The lowest BCUT2D eigenvalue weighted by atomic mass is 10.1. The predicted octanol–water partition coefficient (Wildman–Crippen LogP) is 4.58. The Kier molecular flexibility index (Phi) is 6.16. The molecule has 36 heavy (non-hydrogen) atoms. The second kappa shape index (κ2) is 8.98. The Morgan fingerprint density at radius 3 is 2.25 bits per heavy atom. The first-order valence-corrected chi connectivity index (χ1v) is 10.2. The second-order valence-corrected chi connectivity index (χ2v) is 7.67. The van der Waals surface area contributed by atoms with Gasteiger partial charge in [0, 0.05) is 10.9 Å². The highest BCUT2D eigenvalue weighted by molar-refractivity contribution is 6.10. The number of amides is 2. The van der Waals surface area contributed by atoms with Crippen molar-refractivity contribution in [1.29, 1.82) is 0 Å². The molecule has 2 heterocycles. The summed E-state index contributed by atoms with van der Waals surface area (Å²) in [5, 5.41) is 5.20. The van der Waals surface area contributed by atoms with Crippen LogP contribution in [-0.4, -0.2) is 26.6 Å². The summed E-state index contributed by atoms with van der Waals surface area (Å²) >= 11 is 0. The fourth-order valence-electron chi connectivity index (χ4n) is 3.61. The molecule has 0 spiro atoms. The maximum atomic E-state index is 14.2. The zero-order chi connectivity index (χ0) is 26.4. The Hall–Kier alpha value is -4.42. The molecule has 0 aliphatic carbocycles. The number of alkyl halides is 3. The number of anilines is 1. The molecule has 0 aliphatic heterocycles. The minimum Gasteiger partial charge on any atom is -0.366 e. The number of carbonyl (C=O) groups is 2. The molecular weight excluding hydrogens is 492 g/mol. The SMILES string of the molecule is Cc1c(NC(=O)c2cc(C(N)=O)c3c(F)cccc3n2)c(C(F)(F)F)nn1Cc1c(F)cccc1F. The van der Waals surface area contributed by atoms with E-state index in [1.807, 2.05) is 5.32 Å². The number of halogens is 6. The number of nitrogens with zero attached hydrogens (tertiary/aromatic N) is 3. The van der Waals surface area contributed by atoms with E-state index in [2.05, 4.69) is 10.1 Å². The number of primary amides is 1. The van der Waals surface area contributed by atoms with Crippen molar-refractivity contribution < 1.29 is 35.9 Å². The summed E-state index contributed by atoms with van der Waals surface area (Å²) in [4.78, 5) is 28.7. The van der Waals surface area contributed by atoms with Crippen molar-refractivity contribution in [3.63, 3.8) is 0 Å². The third kappa shape index (κ3) is 4.46. The molecule has 0 atom stereocenters. The Morgan fingerprint density at radius 1 is 1.03 bits per heavy atom. The van der Waals surface area contributed by atoms with E-state index in [1.54, 1.807) is 0 Å². The summed E-state index contributed by atoms with van der Waals surface area (Å²) in [5.74, 6) is -5.09. The molecule has 4 aromatic rings. The largest absolute Gasteiger partial charge is 0.437 e. The Balaban J connectivity index is 1.78. The van der Waals surface area contributed by atoms with Gasteiger partial charge in [-0.05, 0) is 37.3 Å². The van der Waals surface area contributed by atoms with Gasteiger partial charge < -0.3 is 11.1 Å². The van der Waals surface area contributed by atoms with Crippen LogP contribution in [-0.2, 0) is 12.7 Å². The molecule has 0 saturated carbocycles. The summed E-state index contributed by atoms with van der Waals surface area (Å²) in [6, 6.07) is 7.42. The van der Waals surface area contributed by atoms with Gasteiger partial charge >= 0.3 is 6.18 Å². The second-order valence-electron chi connectivity index (χ2n) is 7.67. The summed E-state index contributed by atoms with van der Waals surface area (Å²) in [5.41, 5.74) is 1.13. The lowest BCUT2D eigenvalue weighted by molar-refractivity contribution is -0.140. The molecule has 7 nitrogen and oxygen atoms in total. The smallest absolute Gasteiger partial charge is 0.366 e. The van der Waals surface area contributed by atoms with E-state index in [0.717, 1.165) is 37.3 Å². The molecule has 0 saturated heterocycles. The highest BCUT2D eigenvalue weighted by Crippen LogP contribution is 2.36. The topological polar surface area (TPSA) is 103 Å². The third-order valence-corrected chi connectivity index (χ3v) is 5.36. The maximum absolute atomic E-state index is 14.2. The first kappa shape index (κ1) is 24.7. The fraction of sp³-hybridized carbons (Fsp3) is 0.130. The Labute approximate surface area is 198 Å². The van der Waals surface area contributed by atoms with Crippen LogP contribution >= 0.6 is 0 Å². The van der Waals surface area contributed by atoms with Crippen molar-refractivity contribution in [3.8, 4) is 0 Å². The highest BCUT2D eigenvalue weighted by atomic mass is 19.4. The van der Waals surface area contributed by atoms with Gasteiger partial charge in [0.25, 0.3) is 5.91 Å². The zero-order valence-corrected chi connectivity index (χ0v) is 18.3. The van der Waals surface area contributed by atoms with E-state index in [-0.39, 0.29) is 16.6 Å². The van der Waals surface area contributed by atoms with Gasteiger partial charge in [0.2, 0.25) is 5.91 Å². The highest BCUT2D eigenvalue weighted by Gasteiger charge is 2.39. The molecule has 13 heteroatoms. The summed E-state index contributed by atoms with van der Waals surface area (Å²) < 4.78 is 84.2. The van der Waals surface area contributed by atoms with Gasteiger partial charge in [-0.2, -0.15) is 18.3 Å². The molecule has 0 fully saturated rings. The van der Waals surface area contributed by atoms with Crippen LogP contribution in [0.4, 0.5) is 32.0 Å². The number of aromatic nitrogens is 3. The molecule has 4 rings (SSSR count). The maximum Gasteiger partial charge on any atom is 0.437 e. The van der Waals surface area contributed by atoms with Crippen molar-refractivity contribution in [2.75, 3.05) is 5.32 Å². The van der Waals surface area contributed by atoms with Gasteiger partial charge in [-0.3, -0.25) is 14.3 Å². The molecule has 2 amide bonds. The van der Waals surface area contributed by atoms with E-state index < -0.39 is 70.2 Å². The molecule has 0 bridgehead atoms. The molecule has 0 aliphatic rings. The number of fused-ring (bicyclic) bond motifs is 1. The van der Waals surface area contributed by atoms with Crippen LogP contribution in [0.5, 0.6) is 0 Å². The van der Waals surface area contributed by atoms with Crippen LogP contribution in [0, 0.1) is 24.4 Å². The van der Waals surface area contributed by atoms with Crippen LogP contribution in [0.3, 0.4) is 0 Å². The summed E-state index contributed by atoms with van der Waals surface area (Å²) in [6.07, 6.45) is -5.05. The number of pyridine rings is 1. The van der Waals surface area contributed by atoms with Crippen LogP contribution < -0.4 is 11.1 Å². The van der Waals surface area contributed by atoms with Crippen LogP contribution in [0.1, 0.15) is 37.8 Å². The average molecular weight is 507 g/mol. The normalized spacial score (nSPS) is 11.6. The zero-order valence-electron chi connectivity index (χ0n) is 18.3.